The zero-order valence-electron chi connectivity index (χ0n) is 61.0. The number of rotatable bonds is 79. The van der Waals surface area contributed by atoms with E-state index in [2.05, 4.69) is 31.3 Å². The van der Waals surface area contributed by atoms with Gasteiger partial charge in [0, 0.05) is 12.8 Å². The van der Waals surface area contributed by atoms with E-state index in [0.29, 0.717) is 25.9 Å². The SMILES string of the molecule is CCCCCCCC/C=C\CCCCCCCC(=O)OCCCCCCCCCCCCCCCCCCCCCCCCCCCCCCCCCCCCCC(=O)NC(CO)C(O)CCCCCCCCCCCCCCCCCCCCCCCC. The van der Waals surface area contributed by atoms with Gasteiger partial charge in [-0.15, -0.1) is 0 Å². The van der Waals surface area contributed by atoms with E-state index in [1.807, 2.05) is 0 Å². The summed E-state index contributed by atoms with van der Waals surface area (Å²) in [5.74, 6) is -0.00762. The molecule has 0 aliphatic rings. The lowest BCUT2D eigenvalue weighted by molar-refractivity contribution is -0.143. The van der Waals surface area contributed by atoms with Crippen LogP contribution < -0.4 is 5.32 Å². The van der Waals surface area contributed by atoms with Gasteiger partial charge in [0.1, 0.15) is 0 Å². The lowest BCUT2D eigenvalue weighted by Gasteiger charge is -2.22. The molecule has 89 heavy (non-hydrogen) atoms. The summed E-state index contributed by atoms with van der Waals surface area (Å²) in [5.41, 5.74) is 0. The van der Waals surface area contributed by atoms with Crippen molar-refractivity contribution in [1.29, 1.82) is 0 Å². The van der Waals surface area contributed by atoms with Crippen LogP contribution in [0.4, 0.5) is 0 Å². The zero-order chi connectivity index (χ0) is 64.2. The van der Waals surface area contributed by atoms with E-state index in [-0.39, 0.29) is 18.5 Å². The number of amides is 1. The molecular formula is C83H163NO5. The van der Waals surface area contributed by atoms with Gasteiger partial charge in [-0.2, -0.15) is 0 Å². The van der Waals surface area contributed by atoms with Crippen LogP contribution in [0.5, 0.6) is 0 Å². The molecule has 0 aliphatic heterocycles. The molecule has 1 amide bonds. The summed E-state index contributed by atoms with van der Waals surface area (Å²) < 4.78 is 5.50. The molecule has 0 aromatic rings. The molecule has 0 heterocycles. The summed E-state index contributed by atoms with van der Waals surface area (Å²) in [6, 6.07) is -0.538. The van der Waals surface area contributed by atoms with E-state index in [9.17, 15) is 19.8 Å². The Hall–Kier alpha value is -1.40. The molecule has 6 nitrogen and oxygen atoms in total. The fraction of sp³-hybridized carbons (Fsp3) is 0.952. The molecule has 0 saturated heterocycles. The normalized spacial score (nSPS) is 12.4. The first-order chi connectivity index (χ1) is 44.0. The molecule has 0 aromatic carbocycles. The number of unbranched alkanes of at least 4 members (excludes halogenated alkanes) is 66. The third-order valence-electron chi connectivity index (χ3n) is 19.8. The maximum Gasteiger partial charge on any atom is 0.305 e. The molecule has 0 aliphatic carbocycles. The van der Waals surface area contributed by atoms with Crippen LogP contribution in [0.25, 0.3) is 0 Å². The Morgan fingerprint density at radius 2 is 0.528 bits per heavy atom. The van der Waals surface area contributed by atoms with Gasteiger partial charge in [0.2, 0.25) is 5.91 Å². The average molecular weight is 1260 g/mol. The van der Waals surface area contributed by atoms with Crippen molar-refractivity contribution in [2.24, 2.45) is 0 Å². The Labute approximate surface area is 559 Å². The van der Waals surface area contributed by atoms with Crippen molar-refractivity contribution in [2.75, 3.05) is 13.2 Å². The van der Waals surface area contributed by atoms with E-state index in [1.54, 1.807) is 0 Å². The maximum absolute atomic E-state index is 12.6. The third kappa shape index (κ3) is 75.5. The lowest BCUT2D eigenvalue weighted by atomic mass is 10.0. The first-order valence-electron chi connectivity index (χ1n) is 41.4. The Bertz CT molecular complexity index is 1350. The Balaban J connectivity index is 3.31. The van der Waals surface area contributed by atoms with Crippen molar-refractivity contribution >= 4 is 11.9 Å². The van der Waals surface area contributed by atoms with E-state index in [1.165, 1.54) is 405 Å². The lowest BCUT2D eigenvalue weighted by Crippen LogP contribution is -2.45. The topological polar surface area (TPSA) is 95.9 Å². The second-order valence-corrected chi connectivity index (χ2v) is 28.8. The fourth-order valence-corrected chi connectivity index (χ4v) is 13.5. The van der Waals surface area contributed by atoms with E-state index in [0.717, 1.165) is 44.9 Å². The van der Waals surface area contributed by atoms with E-state index < -0.39 is 12.1 Å². The standard InChI is InChI=1S/C83H163NO5/c1-3-5-7-9-11-13-15-17-19-20-21-22-38-41-44-48-51-55-59-63-67-71-75-81(86)80(79-85)84-82(87)76-72-68-64-60-56-52-49-45-42-39-36-34-32-30-28-26-24-23-25-27-29-31-33-35-37-40-43-46-50-54-58-62-66-70-74-78-89-83(88)77-73-69-65-61-57-53-47-18-16-14-12-10-8-6-4-2/h18,47,80-81,85-86H,3-17,19-46,48-79H2,1-2H3,(H,84,87)/b47-18-. The van der Waals surface area contributed by atoms with Crippen molar-refractivity contribution in [3.05, 3.63) is 12.2 Å². The molecule has 0 radical (unpaired) electrons. The first-order valence-corrected chi connectivity index (χ1v) is 41.4. The smallest absolute Gasteiger partial charge is 0.305 e. The molecule has 0 bridgehead atoms. The number of hydrogen-bond acceptors (Lipinski definition) is 5. The van der Waals surface area contributed by atoms with E-state index in [4.69, 9.17) is 4.74 Å². The first kappa shape index (κ1) is 87.6. The zero-order valence-corrected chi connectivity index (χ0v) is 61.0. The molecule has 0 fully saturated rings. The van der Waals surface area contributed by atoms with Crippen LogP contribution in [0.2, 0.25) is 0 Å². The minimum atomic E-state index is -0.661. The summed E-state index contributed by atoms with van der Waals surface area (Å²) in [4.78, 5) is 24.7. The second-order valence-electron chi connectivity index (χ2n) is 28.8. The minimum Gasteiger partial charge on any atom is -0.466 e. The number of carbonyl (C=O) groups is 2. The molecular weight excluding hydrogens is 1090 g/mol. The minimum absolute atomic E-state index is 0.0159. The van der Waals surface area contributed by atoms with Gasteiger partial charge >= 0.3 is 5.97 Å². The molecule has 0 aromatic heterocycles. The third-order valence-corrected chi connectivity index (χ3v) is 19.8. The van der Waals surface area contributed by atoms with Crippen molar-refractivity contribution in [2.45, 2.75) is 495 Å². The molecule has 0 rings (SSSR count). The van der Waals surface area contributed by atoms with Gasteiger partial charge in [0.25, 0.3) is 0 Å². The molecule has 2 unspecified atom stereocenters. The summed E-state index contributed by atoms with van der Waals surface area (Å²) >= 11 is 0. The van der Waals surface area contributed by atoms with Gasteiger partial charge in [-0.25, -0.2) is 0 Å². The van der Waals surface area contributed by atoms with Crippen LogP contribution in [-0.2, 0) is 14.3 Å². The van der Waals surface area contributed by atoms with Gasteiger partial charge in [0.05, 0.1) is 25.4 Å². The van der Waals surface area contributed by atoms with Gasteiger partial charge in [-0.05, 0) is 51.4 Å². The average Bonchev–Trinajstić information content (AvgIpc) is 3.56. The predicted molar refractivity (Wildman–Crippen MR) is 394 cm³/mol. The maximum atomic E-state index is 12.6. The Morgan fingerprint density at radius 1 is 0.303 bits per heavy atom. The van der Waals surface area contributed by atoms with Crippen LogP contribution in [0.3, 0.4) is 0 Å². The molecule has 0 saturated carbocycles. The summed E-state index contributed by atoms with van der Waals surface area (Å²) in [5, 5.41) is 23.5. The van der Waals surface area contributed by atoms with Crippen molar-refractivity contribution in [1.82, 2.24) is 5.32 Å². The molecule has 0 spiro atoms. The summed E-state index contributed by atoms with van der Waals surface area (Å²) in [7, 11) is 0. The van der Waals surface area contributed by atoms with Crippen LogP contribution >= 0.6 is 0 Å². The van der Waals surface area contributed by atoms with Crippen LogP contribution in [0, 0.1) is 0 Å². The number of esters is 1. The Kier molecular flexibility index (Phi) is 77.8. The largest absolute Gasteiger partial charge is 0.466 e. The highest BCUT2D eigenvalue weighted by atomic mass is 16.5. The number of aliphatic hydroxyl groups is 2. The predicted octanol–water partition coefficient (Wildman–Crippen LogP) is 27.4. The number of hydrogen-bond donors (Lipinski definition) is 3. The molecule has 530 valence electrons. The molecule has 2 atom stereocenters. The second kappa shape index (κ2) is 79.0. The van der Waals surface area contributed by atoms with Crippen LogP contribution in [-0.4, -0.2) is 47.4 Å². The quantitative estimate of drug-likeness (QED) is 0.0320. The molecule has 3 N–H and O–H groups in total. The number of ether oxygens (including phenoxy) is 1. The van der Waals surface area contributed by atoms with Gasteiger partial charge < -0.3 is 20.3 Å². The summed E-state index contributed by atoms with van der Waals surface area (Å²) in [6.07, 6.45) is 100. The number of aliphatic hydroxyl groups excluding tert-OH is 2. The van der Waals surface area contributed by atoms with Crippen molar-refractivity contribution in [3.63, 3.8) is 0 Å². The number of carbonyl (C=O) groups excluding carboxylic acids is 2. The fourth-order valence-electron chi connectivity index (χ4n) is 13.5. The monoisotopic (exact) mass is 1250 g/mol. The summed E-state index contributed by atoms with van der Waals surface area (Å²) in [6.45, 7) is 5.01. The number of allylic oxidation sites excluding steroid dienone is 2. The van der Waals surface area contributed by atoms with Crippen LogP contribution in [0.15, 0.2) is 12.2 Å². The van der Waals surface area contributed by atoms with Gasteiger partial charge in [-0.1, -0.05) is 431 Å². The van der Waals surface area contributed by atoms with Gasteiger partial charge in [-0.3, -0.25) is 9.59 Å². The van der Waals surface area contributed by atoms with Crippen LogP contribution in [0.1, 0.15) is 483 Å². The van der Waals surface area contributed by atoms with Crippen molar-refractivity contribution < 1.29 is 24.5 Å². The highest BCUT2D eigenvalue weighted by molar-refractivity contribution is 5.76. The van der Waals surface area contributed by atoms with Gasteiger partial charge in [0.15, 0.2) is 0 Å². The highest BCUT2D eigenvalue weighted by Crippen LogP contribution is 2.21. The molecule has 6 heteroatoms. The number of nitrogens with one attached hydrogen (secondary N) is 1. The van der Waals surface area contributed by atoms with Crippen molar-refractivity contribution in [3.8, 4) is 0 Å². The highest BCUT2D eigenvalue weighted by Gasteiger charge is 2.20. The van der Waals surface area contributed by atoms with E-state index >= 15 is 0 Å². The Morgan fingerprint density at radius 3 is 0.798 bits per heavy atom.